The highest BCUT2D eigenvalue weighted by Gasteiger charge is 2.43. The van der Waals surface area contributed by atoms with Gasteiger partial charge < -0.3 is 0 Å². The van der Waals surface area contributed by atoms with E-state index in [2.05, 4.69) is 125 Å². The number of nitrogens with zero attached hydrogens (tertiary/aromatic N) is 1. The van der Waals surface area contributed by atoms with Gasteiger partial charge in [-0.15, -0.1) is 0 Å². The Balaban J connectivity index is 1.63. The van der Waals surface area contributed by atoms with E-state index in [1.165, 1.54) is 34.2 Å². The van der Waals surface area contributed by atoms with Gasteiger partial charge >= 0.3 is 0 Å². The predicted molar refractivity (Wildman–Crippen MR) is 137 cm³/mol. The average molecular weight is 426 g/mol. The van der Waals surface area contributed by atoms with Crippen LogP contribution in [0.15, 0.2) is 78.9 Å². The fourth-order valence-electron chi connectivity index (χ4n) is 4.60. The van der Waals surface area contributed by atoms with Crippen molar-refractivity contribution >= 4 is 0 Å². The molecule has 1 nitrogen and oxygen atoms in total. The van der Waals surface area contributed by atoms with Gasteiger partial charge in [-0.3, -0.25) is 4.90 Å². The van der Waals surface area contributed by atoms with Crippen molar-refractivity contribution in [2.45, 2.75) is 83.8 Å². The summed E-state index contributed by atoms with van der Waals surface area (Å²) in [6.45, 7) is 16.0. The molecule has 0 amide bonds. The molecule has 1 aliphatic rings. The lowest BCUT2D eigenvalue weighted by Gasteiger charge is -2.27. The van der Waals surface area contributed by atoms with Gasteiger partial charge in [-0.05, 0) is 45.1 Å². The molecule has 1 saturated carbocycles. The van der Waals surface area contributed by atoms with Gasteiger partial charge in [-0.25, -0.2) is 0 Å². The largest absolute Gasteiger partial charge is 0.291 e. The Hall–Kier alpha value is -2.38. The summed E-state index contributed by atoms with van der Waals surface area (Å²) in [5.74, 6) is 0.617. The molecule has 0 bridgehead atoms. The second-order valence-electron chi connectivity index (χ2n) is 11.6. The number of hydrogen-bond donors (Lipinski definition) is 0. The van der Waals surface area contributed by atoms with Crippen LogP contribution >= 0.6 is 0 Å². The third-order valence-electron chi connectivity index (χ3n) is 6.80. The maximum absolute atomic E-state index is 2.69. The molecule has 2 atom stereocenters. The van der Waals surface area contributed by atoms with Crippen LogP contribution in [0.25, 0.3) is 0 Å². The van der Waals surface area contributed by atoms with E-state index < -0.39 is 0 Å². The summed E-state index contributed by atoms with van der Waals surface area (Å²) >= 11 is 0. The van der Waals surface area contributed by atoms with Crippen LogP contribution in [-0.2, 0) is 23.9 Å². The Bertz CT molecular complexity index is 948. The van der Waals surface area contributed by atoms with Crippen LogP contribution < -0.4 is 0 Å². The van der Waals surface area contributed by atoms with Crippen LogP contribution in [0, 0.1) is 0 Å². The van der Waals surface area contributed by atoms with Gasteiger partial charge in [-0.2, -0.15) is 0 Å². The zero-order valence-electron chi connectivity index (χ0n) is 20.7. The first kappa shape index (κ1) is 22.8. The summed E-state index contributed by atoms with van der Waals surface area (Å²) < 4.78 is 0. The van der Waals surface area contributed by atoms with Crippen molar-refractivity contribution in [3.8, 4) is 0 Å². The molecule has 1 aliphatic carbocycles. The molecule has 0 radical (unpaired) electrons. The second-order valence-corrected chi connectivity index (χ2v) is 11.6. The lowest BCUT2D eigenvalue weighted by molar-refractivity contribution is 0.241. The van der Waals surface area contributed by atoms with Gasteiger partial charge in [-0.1, -0.05) is 120 Å². The summed E-state index contributed by atoms with van der Waals surface area (Å²) in [4.78, 5) is 2.69. The minimum Gasteiger partial charge on any atom is -0.291 e. The molecule has 0 saturated heterocycles. The van der Waals surface area contributed by atoms with Gasteiger partial charge in [0.05, 0.1) is 0 Å². The molecule has 0 aliphatic heterocycles. The van der Waals surface area contributed by atoms with Gasteiger partial charge in [0.25, 0.3) is 0 Å². The van der Waals surface area contributed by atoms with E-state index in [4.69, 9.17) is 0 Å². The molecular weight excluding hydrogens is 386 g/mol. The summed E-state index contributed by atoms with van der Waals surface area (Å²) in [6.07, 6.45) is 1.25. The first-order chi connectivity index (χ1) is 15.1. The molecule has 0 N–H and O–H groups in total. The van der Waals surface area contributed by atoms with E-state index in [0.717, 1.165) is 13.1 Å². The lowest BCUT2D eigenvalue weighted by atomic mass is 9.79. The Morgan fingerprint density at radius 3 is 1.50 bits per heavy atom. The molecule has 0 unspecified atom stereocenters. The Morgan fingerprint density at radius 2 is 1.09 bits per heavy atom. The summed E-state index contributed by atoms with van der Waals surface area (Å²) in [5.41, 5.74) is 7.56. The Kier molecular flexibility index (Phi) is 6.32. The van der Waals surface area contributed by atoms with Crippen LogP contribution in [0.3, 0.4) is 0 Å². The quantitative estimate of drug-likeness (QED) is 0.389. The maximum atomic E-state index is 2.69. The van der Waals surface area contributed by atoms with E-state index in [-0.39, 0.29) is 10.8 Å². The topological polar surface area (TPSA) is 3.24 Å². The minimum atomic E-state index is 0.161. The van der Waals surface area contributed by atoms with Crippen LogP contribution in [0.2, 0.25) is 0 Å². The lowest BCUT2D eigenvalue weighted by Crippen LogP contribution is -2.26. The van der Waals surface area contributed by atoms with Crippen LogP contribution in [-0.4, -0.2) is 10.9 Å². The molecule has 1 fully saturated rings. The van der Waals surface area contributed by atoms with Crippen molar-refractivity contribution in [3.05, 3.63) is 107 Å². The molecule has 4 rings (SSSR count). The van der Waals surface area contributed by atoms with Gasteiger partial charge in [0.1, 0.15) is 0 Å². The van der Waals surface area contributed by atoms with Crippen molar-refractivity contribution in [1.82, 2.24) is 4.90 Å². The minimum absolute atomic E-state index is 0.161. The van der Waals surface area contributed by atoms with E-state index in [9.17, 15) is 0 Å². The third-order valence-corrected chi connectivity index (χ3v) is 6.80. The molecular formula is C31H39N. The van der Waals surface area contributed by atoms with Crippen LogP contribution in [0.4, 0.5) is 0 Å². The maximum Gasteiger partial charge on any atom is 0.0240 e. The zero-order valence-corrected chi connectivity index (χ0v) is 20.7. The fraction of sp³-hybridized carbons (Fsp3) is 0.419. The second kappa shape index (κ2) is 8.87. The summed E-state index contributed by atoms with van der Waals surface area (Å²) in [5, 5.41) is 0. The summed E-state index contributed by atoms with van der Waals surface area (Å²) in [7, 11) is 0. The molecule has 3 aromatic rings. The van der Waals surface area contributed by atoms with Crippen molar-refractivity contribution in [2.24, 2.45) is 0 Å². The molecule has 32 heavy (non-hydrogen) atoms. The van der Waals surface area contributed by atoms with Crippen LogP contribution in [0.5, 0.6) is 0 Å². The standard InChI is InChI=1S/C31H39N/c1-30(2,3)26-17-25(18-27(19-26)31(4,5)6)28-20-29(28)32(21-23-13-9-7-10-14-23)22-24-15-11-8-12-16-24/h7-19,28-29H,20-22H2,1-6H3/t28-,29+/m1/s1. The highest BCUT2D eigenvalue weighted by atomic mass is 15.2. The van der Waals surface area contributed by atoms with Crippen molar-refractivity contribution in [2.75, 3.05) is 0 Å². The van der Waals surface area contributed by atoms with Crippen molar-refractivity contribution < 1.29 is 0 Å². The normalized spacial score (nSPS) is 18.7. The predicted octanol–water partition coefficient (Wildman–Crippen LogP) is 7.84. The van der Waals surface area contributed by atoms with Crippen LogP contribution in [0.1, 0.15) is 81.7 Å². The first-order valence-electron chi connectivity index (χ1n) is 12.1. The SMILES string of the molecule is CC(C)(C)c1cc([C@H]2C[C@@H]2N(Cc2ccccc2)Cc2ccccc2)cc(C(C)(C)C)c1. The van der Waals surface area contributed by atoms with Gasteiger partial charge in [0, 0.05) is 25.0 Å². The van der Waals surface area contributed by atoms with Gasteiger partial charge in [0.15, 0.2) is 0 Å². The molecule has 0 spiro atoms. The Morgan fingerprint density at radius 1 is 0.656 bits per heavy atom. The summed E-state index contributed by atoms with van der Waals surface area (Å²) in [6, 6.07) is 29.9. The molecule has 168 valence electrons. The smallest absolute Gasteiger partial charge is 0.0240 e. The third kappa shape index (κ3) is 5.51. The van der Waals surface area contributed by atoms with Gasteiger partial charge in [0.2, 0.25) is 0 Å². The Labute approximate surface area is 195 Å². The van der Waals surface area contributed by atoms with Crippen molar-refractivity contribution in [1.29, 1.82) is 0 Å². The molecule has 1 heteroatoms. The molecule has 0 heterocycles. The zero-order chi connectivity index (χ0) is 22.9. The van der Waals surface area contributed by atoms with E-state index in [0.29, 0.717) is 12.0 Å². The van der Waals surface area contributed by atoms with E-state index >= 15 is 0 Å². The number of hydrogen-bond acceptors (Lipinski definition) is 1. The van der Waals surface area contributed by atoms with E-state index in [1.807, 2.05) is 0 Å². The average Bonchev–Trinajstić information content (AvgIpc) is 3.54. The van der Waals surface area contributed by atoms with Crippen molar-refractivity contribution in [3.63, 3.8) is 0 Å². The number of rotatable bonds is 6. The highest BCUT2D eigenvalue weighted by Crippen LogP contribution is 2.47. The number of benzene rings is 3. The molecule has 3 aromatic carbocycles. The first-order valence-corrected chi connectivity index (χ1v) is 12.1. The fourth-order valence-corrected chi connectivity index (χ4v) is 4.60. The molecule has 0 aromatic heterocycles. The monoisotopic (exact) mass is 425 g/mol. The highest BCUT2D eigenvalue weighted by molar-refractivity contribution is 5.41. The van der Waals surface area contributed by atoms with E-state index in [1.54, 1.807) is 0 Å².